The Hall–Kier alpha value is -13.1. The van der Waals surface area contributed by atoms with Gasteiger partial charge in [-0.2, -0.15) is 0 Å². The molecule has 0 N–H and O–H groups in total. The van der Waals surface area contributed by atoms with E-state index in [1.807, 2.05) is 0 Å². The van der Waals surface area contributed by atoms with Crippen molar-refractivity contribution in [1.29, 1.82) is 0 Å². The van der Waals surface area contributed by atoms with Crippen LogP contribution < -0.4 is 0 Å². The highest BCUT2D eigenvalue weighted by Crippen LogP contribution is 2.48. The van der Waals surface area contributed by atoms with Crippen LogP contribution in [0.25, 0.3) is 135 Å². The lowest BCUT2D eigenvalue weighted by Gasteiger charge is -2.28. The van der Waals surface area contributed by atoms with Crippen LogP contribution in [0.3, 0.4) is 0 Å². The average molecular weight is 1540 g/mol. The summed E-state index contributed by atoms with van der Waals surface area (Å²) in [5.74, 6) is 0. The summed E-state index contributed by atoms with van der Waals surface area (Å²) in [5, 5.41) is 20.7. The minimum Gasteiger partial charge on any atom is -0.357 e. The molecule has 0 aromatic heterocycles. The van der Waals surface area contributed by atoms with Gasteiger partial charge in [-0.25, -0.2) is 16.8 Å². The molecule has 16 aromatic carbocycles. The van der Waals surface area contributed by atoms with Gasteiger partial charge in [0.05, 0.1) is 0 Å². The van der Waals surface area contributed by atoms with Gasteiger partial charge in [-0.3, -0.25) is 4.79 Å². The molecule has 0 bridgehead atoms. The monoisotopic (exact) mass is 1540 g/mol. The fraction of sp³-hybridized carbons (Fsp3) is 0.0762. The van der Waals surface area contributed by atoms with Crippen LogP contribution in [-0.4, -0.2) is 21.3 Å². The van der Waals surface area contributed by atoms with Crippen LogP contribution in [-0.2, 0) is 40.4 Å². The van der Waals surface area contributed by atoms with Crippen molar-refractivity contribution < 1.29 is 40.6 Å². The minimum absolute atomic E-state index is 0.0428. The maximum Gasteiger partial charge on any atom is 0.354 e. The van der Waals surface area contributed by atoms with Crippen LogP contribution in [0.1, 0.15) is 138 Å². The summed E-state index contributed by atoms with van der Waals surface area (Å²) in [5.41, 5.74) is 20.2. The molecule has 0 aliphatic heterocycles. The summed E-state index contributed by atoms with van der Waals surface area (Å²) in [6.07, 6.45) is 34.7. The fourth-order valence-corrected chi connectivity index (χ4v) is 18.7. The summed E-state index contributed by atoms with van der Waals surface area (Å²) < 4.78 is 62.6. The number of ether oxygens (including phenoxy) is 4. The van der Waals surface area contributed by atoms with Gasteiger partial charge in [0.25, 0.3) is 0 Å². The molecule has 8 atom stereocenters. The Kier molecular flexibility index (Phi) is 19.0. The molecule has 0 amide bonds. The highest BCUT2D eigenvalue weighted by Gasteiger charge is 2.31. The van der Waals surface area contributed by atoms with Crippen LogP contribution >= 0.6 is 0 Å². The number of thiol groups is 2. The smallest absolute Gasteiger partial charge is 0.354 e. The first-order valence-electron chi connectivity index (χ1n) is 39.1. The highest BCUT2D eigenvalue weighted by molar-refractivity contribution is 8.15. The van der Waals surface area contributed by atoms with E-state index in [0.29, 0.717) is 0 Å². The number of hydrogen-bond donors (Lipinski definition) is 2. The van der Waals surface area contributed by atoms with Crippen molar-refractivity contribution in [2.24, 2.45) is 0 Å². The minimum atomic E-state index is -3.44. The van der Waals surface area contributed by atoms with Crippen LogP contribution in [0.4, 0.5) is 4.79 Å². The maximum absolute atomic E-state index is 9.65. The van der Waals surface area contributed by atoms with Gasteiger partial charge in [-0.05, 0) is 175 Å². The van der Waals surface area contributed by atoms with Gasteiger partial charge in [0, 0.05) is 0 Å². The van der Waals surface area contributed by atoms with E-state index in [1.54, 1.807) is 0 Å². The molecule has 8 aliphatic carbocycles. The van der Waals surface area contributed by atoms with E-state index in [9.17, 15) is 21.6 Å². The Labute approximate surface area is 674 Å². The van der Waals surface area contributed by atoms with Crippen molar-refractivity contribution in [3.05, 3.63) is 429 Å². The van der Waals surface area contributed by atoms with E-state index in [-0.39, 0.29) is 48.8 Å². The van der Waals surface area contributed by atoms with E-state index < -0.39 is 25.9 Å². The van der Waals surface area contributed by atoms with Crippen LogP contribution in [0.2, 0.25) is 0 Å². The molecule has 8 unspecified atom stereocenters. The molecule has 24 rings (SSSR count). The molecular formula is C105H74O9S2. The highest BCUT2D eigenvalue weighted by atomic mass is 32.2. The number of carbonyl (C=O) groups is 1. The number of hydrogen-bond acceptors (Lipinski definition) is 9. The van der Waals surface area contributed by atoms with Gasteiger partial charge in [0.15, 0.2) is 0 Å². The van der Waals surface area contributed by atoms with E-state index in [0.717, 1.165) is 0 Å². The first-order chi connectivity index (χ1) is 57.1. The van der Waals surface area contributed by atoms with Gasteiger partial charge >= 0.3 is 4.45 Å². The predicted molar refractivity (Wildman–Crippen MR) is 476 cm³/mol. The zero-order valence-electron chi connectivity index (χ0n) is 62.6. The van der Waals surface area contributed by atoms with E-state index in [2.05, 4.69) is 388 Å². The third-order valence-electron chi connectivity index (χ3n) is 23.3. The molecule has 0 saturated heterocycles. The van der Waals surface area contributed by atoms with E-state index >= 15 is 0 Å². The first-order valence-corrected chi connectivity index (χ1v) is 41.5. The molecule has 9 nitrogen and oxygen atoms in total. The van der Waals surface area contributed by atoms with Crippen molar-refractivity contribution in [2.75, 3.05) is 0 Å². The van der Waals surface area contributed by atoms with Crippen molar-refractivity contribution in [3.63, 3.8) is 0 Å². The second-order valence-electron chi connectivity index (χ2n) is 29.9. The fourth-order valence-electron chi connectivity index (χ4n) is 18.2. The Morgan fingerprint density at radius 3 is 0.414 bits per heavy atom. The Bertz CT molecular complexity index is 5910. The summed E-state index contributed by atoms with van der Waals surface area (Å²) in [6, 6.07) is 104. The molecule has 0 heterocycles. The summed E-state index contributed by atoms with van der Waals surface area (Å²) in [4.78, 5) is 9.65. The Morgan fingerprint density at radius 2 is 0.302 bits per heavy atom. The second-order valence-corrected chi connectivity index (χ2v) is 32.1. The maximum atomic E-state index is 9.65. The average Bonchev–Trinajstić information content (AvgIpc) is 0.770. The summed E-state index contributed by atoms with van der Waals surface area (Å²) >= 11 is 0. The molecule has 560 valence electrons. The molecule has 11 heteroatoms. The van der Waals surface area contributed by atoms with Crippen LogP contribution in [0, 0.1) is 0 Å². The zero-order chi connectivity index (χ0) is 77.9. The van der Waals surface area contributed by atoms with Gasteiger partial charge in [0.1, 0.15) is 48.8 Å². The largest absolute Gasteiger partial charge is 0.357 e. The molecular weight excluding hydrogens is 1470 g/mol. The van der Waals surface area contributed by atoms with Crippen molar-refractivity contribution in [2.45, 2.75) is 48.8 Å². The Balaban J connectivity index is 0.0000000966. The lowest BCUT2D eigenvalue weighted by Crippen LogP contribution is -2.12. The molecule has 0 saturated carbocycles. The quantitative estimate of drug-likeness (QED) is 0.143. The summed E-state index contributed by atoms with van der Waals surface area (Å²) in [7, 11) is -6.87. The standard InChI is InChI=1S/4C26H18O.CH2O5S2/c4*1-5-17-9-3-11-21-23(15-13-19(7-1)25(17)21)27-24-16-14-20-8-2-6-18-10-4-12-22(24)26(18)20;2-1(7(3)4)8(5)6/h4*1-16,23-24H;7-8H. The molecule has 0 fully saturated rings. The van der Waals surface area contributed by atoms with Gasteiger partial charge < -0.3 is 18.9 Å². The number of rotatable bonds is 8. The van der Waals surface area contributed by atoms with Crippen molar-refractivity contribution in [1.82, 2.24) is 0 Å². The summed E-state index contributed by atoms with van der Waals surface area (Å²) in [6.45, 7) is 0. The Morgan fingerprint density at radius 1 is 0.181 bits per heavy atom. The number of carbonyl (C=O) groups excluding carboxylic acids is 1. The lowest BCUT2D eigenvalue weighted by molar-refractivity contribution is 0.0417. The SMILES string of the molecule is C1=CC(OC2C=Cc3cccc4cccc2c34)c2cccc3cccc1c23.C1=CC(OC2C=Cc3cccc4cccc2c34)c2cccc3cccc1c23.C1=CC(OC2C=Cc3cccc4cccc2c34)c2cccc3cccc1c23.C1=CC(OC2C=Cc3cccc4cccc2c34)c2cccc3cccc1c23.O=C([SH](=O)=O)[SH](=O)=O. The first kappa shape index (κ1) is 71.9. The van der Waals surface area contributed by atoms with E-state index in [4.69, 9.17) is 18.9 Å². The third-order valence-corrected chi connectivity index (χ3v) is 24.9. The third kappa shape index (κ3) is 13.3. The molecule has 0 spiro atoms. The zero-order valence-corrected chi connectivity index (χ0v) is 64.4. The van der Waals surface area contributed by atoms with Crippen LogP contribution in [0.15, 0.2) is 340 Å². The van der Waals surface area contributed by atoms with Crippen molar-refractivity contribution in [3.8, 4) is 0 Å². The number of benzene rings is 16. The van der Waals surface area contributed by atoms with Crippen LogP contribution in [0.5, 0.6) is 0 Å². The topological polar surface area (TPSA) is 122 Å². The second kappa shape index (κ2) is 30.7. The lowest BCUT2D eigenvalue weighted by atomic mass is 9.89. The van der Waals surface area contributed by atoms with Gasteiger partial charge in [0.2, 0.25) is 21.4 Å². The van der Waals surface area contributed by atoms with Gasteiger partial charge in [-0.15, -0.1) is 0 Å². The molecule has 116 heavy (non-hydrogen) atoms. The molecule has 16 aromatic rings. The van der Waals surface area contributed by atoms with E-state index in [1.165, 1.54) is 175 Å². The normalized spacial score (nSPS) is 19.1. The van der Waals surface area contributed by atoms with Gasteiger partial charge in [-0.1, -0.05) is 388 Å². The predicted octanol–water partition coefficient (Wildman–Crippen LogP) is 25.7. The molecule has 0 radical (unpaired) electrons. The molecule has 8 aliphatic rings. The van der Waals surface area contributed by atoms with Crippen molar-refractivity contribution >= 4 is 161 Å².